The number of rotatable bonds is 12. The molecule has 0 bridgehead atoms. The zero-order chi connectivity index (χ0) is 29.2. The maximum atomic E-state index is 13.2. The Bertz CT molecular complexity index is 1610. The second-order valence-corrected chi connectivity index (χ2v) is 9.02. The van der Waals surface area contributed by atoms with Gasteiger partial charge in [0.2, 0.25) is 11.8 Å². The number of nitrogens with one attached hydrogen (secondary N) is 3. The summed E-state index contributed by atoms with van der Waals surface area (Å²) in [5.41, 5.74) is 7.05. The Morgan fingerprint density at radius 3 is 2.66 bits per heavy atom. The summed E-state index contributed by atoms with van der Waals surface area (Å²) in [6.07, 6.45) is 3.83. The standard InChI is InChI=1S/C29H30N6O6/c1-40-29(39)33-21(11-5-6-15-24(30)36)27(37)32-22-13-8-16-35(28(22)38)17-25-31-20-12-7-14-23(26(20)34-25)41-18-19-9-3-2-4-10-19/h2-4,6-10,12-16,21H,5,11,17-18H2,1H3,(H2,30,36)(H,31,34)(H,32,37)(H,33,39)/b15-6+/t21-/m0/s1. The smallest absolute Gasteiger partial charge is 0.407 e. The number of imidazole rings is 1. The Morgan fingerprint density at radius 1 is 1.10 bits per heavy atom. The highest BCUT2D eigenvalue weighted by molar-refractivity contribution is 5.96. The lowest BCUT2D eigenvalue weighted by Crippen LogP contribution is -2.44. The summed E-state index contributed by atoms with van der Waals surface area (Å²) in [6, 6.07) is 17.4. The number of hydrogen-bond acceptors (Lipinski definition) is 7. The predicted molar refractivity (Wildman–Crippen MR) is 152 cm³/mol. The normalized spacial score (nSPS) is 11.7. The van der Waals surface area contributed by atoms with Crippen LogP contribution in [0.3, 0.4) is 0 Å². The molecule has 212 valence electrons. The number of ether oxygens (including phenoxy) is 2. The van der Waals surface area contributed by atoms with Crippen LogP contribution >= 0.6 is 0 Å². The average molecular weight is 559 g/mol. The molecule has 41 heavy (non-hydrogen) atoms. The molecular weight excluding hydrogens is 528 g/mol. The van der Waals surface area contributed by atoms with Crippen LogP contribution in [0.1, 0.15) is 24.2 Å². The van der Waals surface area contributed by atoms with Crippen molar-refractivity contribution in [3.63, 3.8) is 0 Å². The van der Waals surface area contributed by atoms with Crippen LogP contribution in [0.5, 0.6) is 5.75 Å². The van der Waals surface area contributed by atoms with E-state index < -0.39 is 29.5 Å². The van der Waals surface area contributed by atoms with E-state index in [4.69, 9.17) is 10.5 Å². The van der Waals surface area contributed by atoms with E-state index in [1.807, 2.05) is 48.5 Å². The molecule has 0 aliphatic heterocycles. The minimum absolute atomic E-state index is 0.0184. The van der Waals surface area contributed by atoms with Crippen molar-refractivity contribution in [2.75, 3.05) is 12.4 Å². The number of carbonyl (C=O) groups is 3. The van der Waals surface area contributed by atoms with E-state index in [-0.39, 0.29) is 25.1 Å². The van der Waals surface area contributed by atoms with E-state index in [0.717, 1.165) is 11.1 Å². The van der Waals surface area contributed by atoms with Gasteiger partial charge in [-0.3, -0.25) is 14.4 Å². The summed E-state index contributed by atoms with van der Waals surface area (Å²) < 4.78 is 12.0. The lowest BCUT2D eigenvalue weighted by Gasteiger charge is -2.17. The van der Waals surface area contributed by atoms with Gasteiger partial charge in [0.1, 0.15) is 35.4 Å². The number of nitrogens with two attached hydrogens (primary N) is 1. The van der Waals surface area contributed by atoms with Gasteiger partial charge >= 0.3 is 6.09 Å². The van der Waals surface area contributed by atoms with Crippen LogP contribution in [0.15, 0.2) is 83.8 Å². The molecule has 3 amide bonds. The van der Waals surface area contributed by atoms with E-state index in [1.165, 1.54) is 29.9 Å². The third kappa shape index (κ3) is 7.82. The number of nitrogens with zero attached hydrogens (tertiary/aromatic N) is 2. The molecule has 2 aromatic heterocycles. The van der Waals surface area contributed by atoms with Crippen molar-refractivity contribution in [2.24, 2.45) is 5.73 Å². The van der Waals surface area contributed by atoms with Crippen molar-refractivity contribution in [1.29, 1.82) is 0 Å². The second kappa shape index (κ2) is 13.6. The van der Waals surface area contributed by atoms with E-state index >= 15 is 0 Å². The summed E-state index contributed by atoms with van der Waals surface area (Å²) in [4.78, 5) is 56.7. The largest absolute Gasteiger partial charge is 0.487 e. The summed E-state index contributed by atoms with van der Waals surface area (Å²) >= 11 is 0. The van der Waals surface area contributed by atoms with Crippen molar-refractivity contribution in [3.8, 4) is 5.75 Å². The topological polar surface area (TPSA) is 170 Å². The van der Waals surface area contributed by atoms with E-state index in [2.05, 4.69) is 25.3 Å². The fourth-order valence-corrected chi connectivity index (χ4v) is 4.05. The van der Waals surface area contributed by atoms with Crippen molar-refractivity contribution in [1.82, 2.24) is 19.9 Å². The number of hydrogen-bond donors (Lipinski definition) is 4. The first-order valence-corrected chi connectivity index (χ1v) is 12.8. The zero-order valence-corrected chi connectivity index (χ0v) is 22.3. The van der Waals surface area contributed by atoms with Crippen LogP contribution in [0.25, 0.3) is 11.0 Å². The summed E-state index contributed by atoms with van der Waals surface area (Å²) in [7, 11) is 1.17. The number of anilines is 1. The number of primary amides is 1. The van der Waals surface area contributed by atoms with E-state index in [1.54, 1.807) is 12.3 Å². The van der Waals surface area contributed by atoms with E-state index in [9.17, 15) is 19.2 Å². The van der Waals surface area contributed by atoms with Crippen LogP contribution in [-0.2, 0) is 27.5 Å². The van der Waals surface area contributed by atoms with E-state index in [0.29, 0.717) is 23.7 Å². The highest BCUT2D eigenvalue weighted by atomic mass is 16.5. The molecule has 0 saturated heterocycles. The number of aromatic amines is 1. The number of para-hydroxylation sites is 1. The summed E-state index contributed by atoms with van der Waals surface area (Å²) in [5, 5.41) is 5.01. The van der Waals surface area contributed by atoms with Crippen LogP contribution in [0.2, 0.25) is 0 Å². The lowest BCUT2D eigenvalue weighted by molar-refractivity contribution is -0.118. The Kier molecular flexibility index (Phi) is 9.49. The molecule has 2 heterocycles. The second-order valence-electron chi connectivity index (χ2n) is 9.02. The van der Waals surface area contributed by atoms with Gasteiger partial charge in [0.15, 0.2) is 0 Å². The van der Waals surface area contributed by atoms with Gasteiger partial charge in [-0.25, -0.2) is 9.78 Å². The summed E-state index contributed by atoms with van der Waals surface area (Å²) in [6.45, 7) is 0.494. The quantitative estimate of drug-likeness (QED) is 0.194. The average Bonchev–Trinajstić information content (AvgIpc) is 3.39. The Morgan fingerprint density at radius 2 is 1.90 bits per heavy atom. The fraction of sp³-hybridized carbons (Fsp3) is 0.207. The number of aromatic nitrogens is 3. The molecule has 5 N–H and O–H groups in total. The molecule has 1 atom stereocenters. The third-order valence-electron chi connectivity index (χ3n) is 6.06. The number of alkyl carbamates (subject to hydrolysis) is 1. The van der Waals surface area contributed by atoms with Gasteiger partial charge < -0.3 is 35.4 Å². The van der Waals surface area contributed by atoms with Gasteiger partial charge in [-0.15, -0.1) is 0 Å². The van der Waals surface area contributed by atoms with Crippen molar-refractivity contribution < 1.29 is 23.9 Å². The molecule has 4 aromatic rings. The minimum atomic E-state index is -1.03. The van der Waals surface area contributed by atoms with Gasteiger partial charge in [-0.1, -0.05) is 42.5 Å². The molecule has 0 unspecified atom stereocenters. The first kappa shape index (κ1) is 28.6. The number of carbonyl (C=O) groups excluding carboxylic acids is 3. The molecule has 0 aliphatic carbocycles. The van der Waals surface area contributed by atoms with Gasteiger partial charge in [-0.05, 0) is 48.7 Å². The molecule has 0 aliphatic rings. The first-order chi connectivity index (χ1) is 19.8. The van der Waals surface area contributed by atoms with Crippen LogP contribution in [0.4, 0.5) is 10.5 Å². The van der Waals surface area contributed by atoms with Crippen molar-refractivity contribution >= 4 is 34.6 Å². The number of allylic oxidation sites excluding steroid dienone is 1. The van der Waals surface area contributed by atoms with Gasteiger partial charge in [0, 0.05) is 6.20 Å². The monoisotopic (exact) mass is 558 g/mol. The Balaban J connectivity index is 1.48. The van der Waals surface area contributed by atoms with Crippen LogP contribution < -0.4 is 26.7 Å². The fourth-order valence-electron chi connectivity index (χ4n) is 4.05. The van der Waals surface area contributed by atoms with Crippen LogP contribution in [0, 0.1) is 0 Å². The maximum Gasteiger partial charge on any atom is 0.407 e. The molecule has 0 fully saturated rings. The highest BCUT2D eigenvalue weighted by Gasteiger charge is 2.22. The number of methoxy groups -OCH3 is 1. The van der Waals surface area contributed by atoms with Crippen molar-refractivity contribution in [2.45, 2.75) is 32.0 Å². The number of amides is 3. The summed E-state index contributed by atoms with van der Waals surface area (Å²) in [5.74, 6) is -0.122. The zero-order valence-electron chi connectivity index (χ0n) is 22.3. The molecule has 12 nitrogen and oxygen atoms in total. The molecular formula is C29H30N6O6. The molecule has 0 spiro atoms. The Hall–Kier alpha value is -5.39. The highest BCUT2D eigenvalue weighted by Crippen LogP contribution is 2.24. The SMILES string of the molecule is COC(=O)N[C@@H](CC/C=C/C(N)=O)C(=O)Nc1cccn(Cc2nc3c(OCc4ccccc4)cccc3[nH]2)c1=O. The number of benzene rings is 2. The minimum Gasteiger partial charge on any atom is -0.487 e. The van der Waals surface area contributed by atoms with Gasteiger partial charge in [0.25, 0.3) is 5.56 Å². The predicted octanol–water partition coefficient (Wildman–Crippen LogP) is 2.84. The van der Waals surface area contributed by atoms with Crippen LogP contribution in [-0.4, -0.2) is 45.6 Å². The first-order valence-electron chi connectivity index (χ1n) is 12.8. The Labute approximate surface area is 235 Å². The van der Waals surface area contributed by atoms with Crippen molar-refractivity contribution in [3.05, 3.63) is 101 Å². The molecule has 0 saturated carbocycles. The van der Waals surface area contributed by atoms with Gasteiger partial charge in [0.05, 0.1) is 19.2 Å². The van der Waals surface area contributed by atoms with Gasteiger partial charge in [-0.2, -0.15) is 0 Å². The lowest BCUT2D eigenvalue weighted by atomic mass is 10.1. The molecule has 2 aromatic carbocycles. The molecule has 4 rings (SSSR count). The number of fused-ring (bicyclic) bond motifs is 1. The third-order valence-corrected chi connectivity index (χ3v) is 6.06. The molecule has 0 radical (unpaired) electrons. The molecule has 12 heteroatoms. The maximum absolute atomic E-state index is 13.2. The number of pyridine rings is 1. The number of H-pyrrole nitrogens is 1.